The van der Waals surface area contributed by atoms with E-state index >= 15 is 0 Å². The summed E-state index contributed by atoms with van der Waals surface area (Å²) in [7, 11) is 0. The largest absolute Gasteiger partial charge is 0.465 e. The van der Waals surface area contributed by atoms with E-state index < -0.39 is 6.09 Å². The van der Waals surface area contributed by atoms with Crippen LogP contribution in [-0.2, 0) is 0 Å². The minimum Gasteiger partial charge on any atom is -0.465 e. The zero-order valence-corrected chi connectivity index (χ0v) is 10.1. The minimum absolute atomic E-state index is 0.311. The molecule has 4 nitrogen and oxygen atoms in total. The van der Waals surface area contributed by atoms with Gasteiger partial charge >= 0.3 is 6.09 Å². The lowest BCUT2D eigenvalue weighted by molar-refractivity contribution is 0.0865. The maximum Gasteiger partial charge on any atom is 0.407 e. The monoisotopic (exact) mass is 214 g/mol. The van der Waals surface area contributed by atoms with Crippen molar-refractivity contribution in [2.75, 3.05) is 19.6 Å². The molecule has 15 heavy (non-hydrogen) atoms. The molecule has 2 N–H and O–H groups in total. The Labute approximate surface area is 91.6 Å². The van der Waals surface area contributed by atoms with Gasteiger partial charge in [-0.2, -0.15) is 0 Å². The summed E-state index contributed by atoms with van der Waals surface area (Å²) < 4.78 is 0. The normalized spacial score (nSPS) is 26.7. The molecule has 0 spiro atoms. The Hall–Kier alpha value is -0.770. The van der Waals surface area contributed by atoms with E-state index in [1.54, 1.807) is 4.90 Å². The number of nitrogens with one attached hydrogen (secondary N) is 1. The summed E-state index contributed by atoms with van der Waals surface area (Å²) >= 11 is 0. The van der Waals surface area contributed by atoms with Gasteiger partial charge in [-0.15, -0.1) is 0 Å². The molecule has 1 saturated heterocycles. The summed E-state index contributed by atoms with van der Waals surface area (Å²) in [6.07, 6.45) is -0.818. The van der Waals surface area contributed by atoms with Crippen LogP contribution < -0.4 is 5.32 Å². The first-order chi connectivity index (χ1) is 6.82. The number of nitrogens with zero attached hydrogens (tertiary/aromatic N) is 1. The highest BCUT2D eigenvalue weighted by Gasteiger charge is 2.32. The predicted molar refractivity (Wildman–Crippen MR) is 60.0 cm³/mol. The van der Waals surface area contributed by atoms with Crippen molar-refractivity contribution in [3.8, 4) is 0 Å². The Morgan fingerprint density at radius 1 is 1.47 bits per heavy atom. The molecule has 0 aromatic carbocycles. The van der Waals surface area contributed by atoms with E-state index in [0.717, 1.165) is 13.1 Å². The lowest BCUT2D eigenvalue weighted by atomic mass is 9.95. The minimum atomic E-state index is -0.818. The summed E-state index contributed by atoms with van der Waals surface area (Å²) in [5.41, 5.74) is -0.311. The lowest BCUT2D eigenvalue weighted by Gasteiger charge is -2.35. The topological polar surface area (TPSA) is 52.6 Å². The van der Waals surface area contributed by atoms with Gasteiger partial charge in [-0.3, -0.25) is 0 Å². The summed E-state index contributed by atoms with van der Waals surface area (Å²) in [6.45, 7) is 10.6. The molecule has 1 rings (SSSR count). The lowest BCUT2D eigenvalue weighted by Crippen LogP contribution is -2.48. The van der Waals surface area contributed by atoms with Crippen molar-refractivity contribution in [1.29, 1.82) is 0 Å². The first kappa shape index (κ1) is 12.3. The van der Waals surface area contributed by atoms with Crippen LogP contribution >= 0.6 is 0 Å². The van der Waals surface area contributed by atoms with Gasteiger partial charge in [-0.25, -0.2) is 4.79 Å². The quantitative estimate of drug-likeness (QED) is 0.734. The third-order valence-electron chi connectivity index (χ3n) is 3.14. The molecule has 2 atom stereocenters. The fraction of sp³-hybridized carbons (Fsp3) is 0.909. The summed E-state index contributed by atoms with van der Waals surface area (Å²) in [4.78, 5) is 12.7. The van der Waals surface area contributed by atoms with Gasteiger partial charge in [-0.1, -0.05) is 6.92 Å². The van der Waals surface area contributed by atoms with Gasteiger partial charge in [0.1, 0.15) is 0 Å². The van der Waals surface area contributed by atoms with Gasteiger partial charge in [0, 0.05) is 12.1 Å². The average molecular weight is 214 g/mol. The summed E-state index contributed by atoms with van der Waals surface area (Å²) in [6, 6.07) is 0. The number of hydrogen-bond donors (Lipinski definition) is 2. The summed E-state index contributed by atoms with van der Waals surface area (Å²) in [5.74, 6) is 1.01. The van der Waals surface area contributed by atoms with Gasteiger partial charge in [0.2, 0.25) is 0 Å². The molecule has 0 bridgehead atoms. The Balaban J connectivity index is 2.63. The van der Waals surface area contributed by atoms with Crippen LogP contribution in [0.4, 0.5) is 4.79 Å². The van der Waals surface area contributed by atoms with Crippen LogP contribution in [-0.4, -0.2) is 41.3 Å². The Morgan fingerprint density at radius 3 is 2.40 bits per heavy atom. The number of carboxylic acid groups (broad SMARTS) is 1. The van der Waals surface area contributed by atoms with E-state index in [1.165, 1.54) is 0 Å². The highest BCUT2D eigenvalue weighted by atomic mass is 16.4. The highest BCUT2D eigenvalue weighted by molar-refractivity contribution is 5.66. The van der Waals surface area contributed by atoms with Gasteiger partial charge in [-0.05, 0) is 45.7 Å². The van der Waals surface area contributed by atoms with Crippen molar-refractivity contribution in [1.82, 2.24) is 10.2 Å². The van der Waals surface area contributed by atoms with Crippen molar-refractivity contribution in [2.45, 2.75) is 33.2 Å². The van der Waals surface area contributed by atoms with Gasteiger partial charge in [0.05, 0.1) is 0 Å². The molecule has 1 aliphatic rings. The fourth-order valence-corrected chi connectivity index (χ4v) is 1.98. The van der Waals surface area contributed by atoms with E-state index in [1.807, 2.05) is 20.8 Å². The maximum atomic E-state index is 11.1. The Morgan fingerprint density at radius 2 is 2.07 bits per heavy atom. The highest BCUT2D eigenvalue weighted by Crippen LogP contribution is 2.22. The van der Waals surface area contributed by atoms with Gasteiger partial charge in [0.15, 0.2) is 0 Å². The number of rotatable bonds is 2. The molecular weight excluding hydrogens is 192 g/mol. The maximum absolute atomic E-state index is 11.1. The van der Waals surface area contributed by atoms with Crippen LogP contribution in [0.1, 0.15) is 27.7 Å². The molecule has 1 aliphatic heterocycles. The molecule has 1 heterocycles. The first-order valence-corrected chi connectivity index (χ1v) is 5.53. The molecule has 0 radical (unpaired) electrons. The van der Waals surface area contributed by atoms with E-state index in [-0.39, 0.29) is 5.54 Å². The average Bonchev–Trinajstić information content (AvgIpc) is 2.44. The second-order valence-corrected chi connectivity index (χ2v) is 5.46. The second-order valence-electron chi connectivity index (χ2n) is 5.46. The van der Waals surface area contributed by atoms with E-state index in [4.69, 9.17) is 5.11 Å². The van der Waals surface area contributed by atoms with Crippen molar-refractivity contribution in [2.24, 2.45) is 11.8 Å². The van der Waals surface area contributed by atoms with Crippen molar-refractivity contribution in [3.63, 3.8) is 0 Å². The smallest absolute Gasteiger partial charge is 0.407 e. The SMILES string of the molecule is CC1CNCC1CN(C(=O)O)C(C)(C)C. The van der Waals surface area contributed by atoms with Crippen molar-refractivity contribution >= 4 is 6.09 Å². The molecular formula is C11H22N2O2. The van der Waals surface area contributed by atoms with Crippen molar-refractivity contribution < 1.29 is 9.90 Å². The third-order valence-corrected chi connectivity index (χ3v) is 3.14. The van der Waals surface area contributed by atoms with E-state index in [0.29, 0.717) is 18.4 Å². The fourth-order valence-electron chi connectivity index (χ4n) is 1.98. The van der Waals surface area contributed by atoms with Crippen LogP contribution in [0.15, 0.2) is 0 Å². The van der Waals surface area contributed by atoms with E-state index in [2.05, 4.69) is 12.2 Å². The zero-order chi connectivity index (χ0) is 11.6. The Bertz CT molecular complexity index is 235. The number of carbonyl (C=O) groups is 1. The predicted octanol–water partition coefficient (Wildman–Crippen LogP) is 1.62. The molecule has 0 aromatic heterocycles. The molecule has 0 saturated carbocycles. The van der Waals surface area contributed by atoms with Crippen LogP contribution in [0.3, 0.4) is 0 Å². The van der Waals surface area contributed by atoms with E-state index in [9.17, 15) is 4.79 Å². The summed E-state index contributed by atoms with van der Waals surface area (Å²) in [5, 5.41) is 12.5. The van der Waals surface area contributed by atoms with Gasteiger partial charge < -0.3 is 15.3 Å². The Kier molecular flexibility index (Phi) is 3.60. The first-order valence-electron chi connectivity index (χ1n) is 5.53. The molecule has 0 aromatic rings. The molecule has 4 heteroatoms. The third kappa shape index (κ3) is 3.09. The van der Waals surface area contributed by atoms with Crippen LogP contribution in [0, 0.1) is 11.8 Å². The van der Waals surface area contributed by atoms with Gasteiger partial charge in [0.25, 0.3) is 0 Å². The van der Waals surface area contributed by atoms with Crippen molar-refractivity contribution in [3.05, 3.63) is 0 Å². The van der Waals surface area contributed by atoms with Crippen LogP contribution in [0.5, 0.6) is 0 Å². The molecule has 0 aliphatic carbocycles. The standard InChI is InChI=1S/C11H22N2O2/c1-8-5-12-6-9(8)7-13(10(14)15)11(2,3)4/h8-9,12H,5-7H2,1-4H3,(H,14,15). The molecule has 2 unspecified atom stereocenters. The second kappa shape index (κ2) is 4.39. The number of hydrogen-bond acceptors (Lipinski definition) is 2. The zero-order valence-electron chi connectivity index (χ0n) is 10.1. The molecule has 1 amide bonds. The van der Waals surface area contributed by atoms with Crippen LogP contribution in [0.2, 0.25) is 0 Å². The molecule has 1 fully saturated rings. The van der Waals surface area contributed by atoms with Crippen LogP contribution in [0.25, 0.3) is 0 Å². The number of amides is 1. The molecule has 88 valence electrons.